The molecule has 166 valence electrons. The summed E-state index contributed by atoms with van der Waals surface area (Å²) in [4.78, 5) is 37.8. The monoisotopic (exact) mass is 448 g/mol. The Bertz CT molecular complexity index is 934. The van der Waals surface area contributed by atoms with Gasteiger partial charge >= 0.3 is 5.97 Å². The maximum atomic E-state index is 12.3. The predicted octanol–water partition coefficient (Wildman–Crippen LogP) is 3.39. The molecule has 0 aliphatic heterocycles. The summed E-state index contributed by atoms with van der Waals surface area (Å²) in [5, 5.41) is 3.01. The van der Waals surface area contributed by atoms with E-state index in [1.807, 2.05) is 13.8 Å². The van der Waals surface area contributed by atoms with E-state index in [0.717, 1.165) is 4.90 Å². The molecule has 2 aromatic carbocycles. The van der Waals surface area contributed by atoms with E-state index in [1.165, 1.54) is 19.2 Å². The van der Waals surface area contributed by atoms with E-state index >= 15 is 0 Å². The van der Waals surface area contributed by atoms with E-state index in [2.05, 4.69) is 5.32 Å². The van der Waals surface area contributed by atoms with Gasteiger partial charge in [0.25, 0.3) is 5.91 Å². The van der Waals surface area contributed by atoms with Crippen molar-refractivity contribution in [2.24, 2.45) is 0 Å². The molecule has 0 saturated carbocycles. The minimum Gasteiger partial charge on any atom is -0.490 e. The lowest BCUT2D eigenvalue weighted by Crippen LogP contribution is -2.37. The van der Waals surface area contributed by atoms with Crippen LogP contribution in [0.1, 0.15) is 24.2 Å². The van der Waals surface area contributed by atoms with Crippen molar-refractivity contribution >= 4 is 35.1 Å². The minimum absolute atomic E-state index is 0.221. The number of amides is 2. The Morgan fingerprint density at radius 1 is 1.00 bits per heavy atom. The number of hydrogen-bond acceptors (Lipinski definition) is 6. The van der Waals surface area contributed by atoms with Crippen molar-refractivity contribution in [3.8, 4) is 11.5 Å². The summed E-state index contributed by atoms with van der Waals surface area (Å²) < 4.78 is 16.0. The maximum absolute atomic E-state index is 12.3. The third kappa shape index (κ3) is 7.18. The minimum atomic E-state index is -0.689. The second-order valence-electron chi connectivity index (χ2n) is 6.38. The summed E-state index contributed by atoms with van der Waals surface area (Å²) in [6.07, 6.45) is 0. The number of ether oxygens (including phenoxy) is 3. The van der Waals surface area contributed by atoms with Gasteiger partial charge in [-0.3, -0.25) is 9.59 Å². The number of nitrogens with one attached hydrogen (secondary N) is 1. The fraction of sp³-hybridized carbons (Fsp3) is 0.318. The van der Waals surface area contributed by atoms with Crippen molar-refractivity contribution in [1.29, 1.82) is 0 Å². The van der Waals surface area contributed by atoms with Gasteiger partial charge < -0.3 is 24.4 Å². The molecule has 31 heavy (non-hydrogen) atoms. The topological polar surface area (TPSA) is 94.2 Å². The molecule has 1 N–H and O–H groups in total. The SMILES string of the molecule is CCOc1ccc(C(=O)OCC(=O)N(C)CC(=O)Nc2ccccc2Cl)cc1OCC. The number of anilines is 1. The van der Waals surface area contributed by atoms with Crippen LogP contribution in [-0.2, 0) is 14.3 Å². The molecular weight excluding hydrogens is 424 g/mol. The van der Waals surface area contributed by atoms with Gasteiger partial charge in [0, 0.05) is 7.05 Å². The fourth-order valence-electron chi connectivity index (χ4n) is 2.55. The van der Waals surface area contributed by atoms with Crippen LogP contribution in [0, 0.1) is 0 Å². The average molecular weight is 449 g/mol. The number of carbonyl (C=O) groups is 3. The molecule has 0 radical (unpaired) electrons. The van der Waals surface area contributed by atoms with Gasteiger partial charge in [-0.25, -0.2) is 4.79 Å². The summed E-state index contributed by atoms with van der Waals surface area (Å²) in [7, 11) is 1.44. The highest BCUT2D eigenvalue weighted by molar-refractivity contribution is 6.33. The highest BCUT2D eigenvalue weighted by Gasteiger charge is 2.18. The Kier molecular flexibility index (Phi) is 9.14. The molecule has 0 aliphatic carbocycles. The van der Waals surface area contributed by atoms with Crippen molar-refractivity contribution < 1.29 is 28.6 Å². The number of nitrogens with zero attached hydrogens (tertiary/aromatic N) is 1. The lowest BCUT2D eigenvalue weighted by atomic mass is 10.2. The Balaban J connectivity index is 1.89. The van der Waals surface area contributed by atoms with Gasteiger partial charge in [-0.15, -0.1) is 0 Å². The van der Waals surface area contributed by atoms with Gasteiger partial charge in [0.05, 0.1) is 36.0 Å². The van der Waals surface area contributed by atoms with Crippen LogP contribution in [0.5, 0.6) is 11.5 Å². The second kappa shape index (κ2) is 11.8. The summed E-state index contributed by atoms with van der Waals surface area (Å²) in [6, 6.07) is 11.4. The molecule has 0 aliphatic rings. The molecule has 8 nitrogen and oxygen atoms in total. The number of halogens is 1. The highest BCUT2D eigenvalue weighted by atomic mass is 35.5. The molecular formula is C22H25ClN2O6. The Morgan fingerprint density at radius 3 is 2.35 bits per heavy atom. The van der Waals surface area contributed by atoms with E-state index in [1.54, 1.807) is 30.3 Å². The maximum Gasteiger partial charge on any atom is 0.338 e. The number of benzene rings is 2. The second-order valence-corrected chi connectivity index (χ2v) is 6.79. The number of para-hydroxylation sites is 1. The van der Waals surface area contributed by atoms with E-state index < -0.39 is 24.4 Å². The quantitative estimate of drug-likeness (QED) is 0.560. The van der Waals surface area contributed by atoms with Crippen molar-refractivity contribution in [3.63, 3.8) is 0 Å². The van der Waals surface area contributed by atoms with Gasteiger partial charge in [-0.1, -0.05) is 23.7 Å². The molecule has 0 fully saturated rings. The lowest BCUT2D eigenvalue weighted by molar-refractivity contribution is -0.136. The van der Waals surface area contributed by atoms with Crippen molar-refractivity contribution in [2.45, 2.75) is 13.8 Å². The largest absolute Gasteiger partial charge is 0.490 e. The van der Waals surface area contributed by atoms with Crippen molar-refractivity contribution in [1.82, 2.24) is 4.90 Å². The fourth-order valence-corrected chi connectivity index (χ4v) is 2.74. The number of likely N-dealkylation sites (N-methyl/N-ethyl adjacent to an activating group) is 1. The third-order valence-electron chi connectivity index (χ3n) is 4.06. The Hall–Kier alpha value is -3.26. The van der Waals surface area contributed by atoms with E-state index in [9.17, 15) is 14.4 Å². The standard InChI is InChI=1S/C22H25ClN2O6/c1-4-29-18-11-10-15(12-19(18)30-5-2)22(28)31-14-21(27)25(3)13-20(26)24-17-9-7-6-8-16(17)23/h6-12H,4-5,13-14H2,1-3H3,(H,24,26). The zero-order chi connectivity index (χ0) is 22.8. The summed E-state index contributed by atoms with van der Waals surface area (Å²) in [5.41, 5.74) is 0.667. The first kappa shape index (κ1) is 24.0. The number of rotatable bonds is 10. The van der Waals surface area contributed by atoms with Gasteiger partial charge in [-0.05, 0) is 44.2 Å². The molecule has 0 bridgehead atoms. The van der Waals surface area contributed by atoms with Crippen molar-refractivity contribution in [3.05, 3.63) is 53.1 Å². The van der Waals surface area contributed by atoms with Gasteiger partial charge in [0.2, 0.25) is 5.91 Å². The molecule has 9 heteroatoms. The predicted molar refractivity (Wildman–Crippen MR) is 117 cm³/mol. The first-order valence-corrected chi connectivity index (χ1v) is 10.1. The van der Waals surface area contributed by atoms with Gasteiger partial charge in [0.15, 0.2) is 18.1 Å². The third-order valence-corrected chi connectivity index (χ3v) is 4.39. The number of hydrogen-bond donors (Lipinski definition) is 1. The first-order chi connectivity index (χ1) is 14.8. The van der Waals surface area contributed by atoms with Crippen LogP contribution in [0.25, 0.3) is 0 Å². The normalized spacial score (nSPS) is 10.2. The summed E-state index contributed by atoms with van der Waals surface area (Å²) in [5.74, 6) is -0.715. The molecule has 2 aromatic rings. The number of carbonyl (C=O) groups excluding carboxylic acids is 3. The van der Waals surface area contributed by atoms with Crippen molar-refractivity contribution in [2.75, 3.05) is 38.7 Å². The molecule has 0 aromatic heterocycles. The zero-order valence-corrected chi connectivity index (χ0v) is 18.4. The van der Waals surface area contributed by atoms with E-state index in [-0.39, 0.29) is 12.1 Å². The Morgan fingerprint density at radius 2 is 1.68 bits per heavy atom. The van der Waals surface area contributed by atoms with Gasteiger partial charge in [-0.2, -0.15) is 0 Å². The van der Waals surface area contributed by atoms with E-state index in [4.69, 9.17) is 25.8 Å². The molecule has 2 rings (SSSR count). The Labute approximate surface area is 186 Å². The molecule has 0 atom stereocenters. The summed E-state index contributed by atoms with van der Waals surface area (Å²) in [6.45, 7) is 3.78. The van der Waals surface area contributed by atoms with Crippen LogP contribution in [-0.4, -0.2) is 56.1 Å². The van der Waals surface area contributed by atoms with Crippen LogP contribution in [0.2, 0.25) is 5.02 Å². The molecule has 0 saturated heterocycles. The first-order valence-electron chi connectivity index (χ1n) is 9.70. The zero-order valence-electron chi connectivity index (χ0n) is 17.6. The van der Waals surface area contributed by atoms with Crippen LogP contribution < -0.4 is 14.8 Å². The smallest absolute Gasteiger partial charge is 0.338 e. The van der Waals surface area contributed by atoms with Crippen LogP contribution in [0.15, 0.2) is 42.5 Å². The lowest BCUT2D eigenvalue weighted by Gasteiger charge is -2.17. The molecule has 2 amide bonds. The van der Waals surface area contributed by atoms with Crippen LogP contribution in [0.4, 0.5) is 5.69 Å². The average Bonchev–Trinajstić information content (AvgIpc) is 2.74. The van der Waals surface area contributed by atoms with Crippen LogP contribution >= 0.6 is 11.6 Å². The van der Waals surface area contributed by atoms with E-state index in [0.29, 0.717) is 35.4 Å². The van der Waals surface area contributed by atoms with Crippen LogP contribution in [0.3, 0.4) is 0 Å². The van der Waals surface area contributed by atoms with Gasteiger partial charge in [0.1, 0.15) is 0 Å². The summed E-state index contributed by atoms with van der Waals surface area (Å²) >= 11 is 6.00. The highest BCUT2D eigenvalue weighted by Crippen LogP contribution is 2.28. The molecule has 0 unspecified atom stereocenters. The molecule has 0 heterocycles. The number of esters is 1. The molecule has 0 spiro atoms.